The maximum Gasteiger partial charge on any atom is 0.153 e. The van der Waals surface area contributed by atoms with Gasteiger partial charge in [0.25, 0.3) is 0 Å². The molecule has 2 atom stereocenters. The van der Waals surface area contributed by atoms with E-state index in [-0.39, 0.29) is 12.0 Å². The Morgan fingerprint density at radius 2 is 1.59 bits per heavy atom. The van der Waals surface area contributed by atoms with Gasteiger partial charge in [0.2, 0.25) is 0 Å². The highest BCUT2D eigenvalue weighted by Crippen LogP contribution is 2.40. The topological polar surface area (TPSA) is 32.4 Å². The summed E-state index contributed by atoms with van der Waals surface area (Å²) in [7, 11) is 0. The van der Waals surface area contributed by atoms with E-state index >= 15 is 0 Å². The average Bonchev–Trinajstić information content (AvgIpc) is 3.08. The Bertz CT molecular complexity index is 1110. The number of hydrogen-bond donors (Lipinski definition) is 2. The number of benzene rings is 3. The van der Waals surface area contributed by atoms with Gasteiger partial charge in [-0.1, -0.05) is 71.7 Å². The number of para-hydroxylation sites is 1. The van der Waals surface area contributed by atoms with Crippen LogP contribution in [0.15, 0.2) is 72.8 Å². The van der Waals surface area contributed by atoms with E-state index in [0.717, 1.165) is 16.6 Å². The van der Waals surface area contributed by atoms with Gasteiger partial charge in [0.15, 0.2) is 6.04 Å². The molecule has 0 aliphatic carbocycles. The van der Waals surface area contributed by atoms with Crippen molar-refractivity contribution in [2.75, 3.05) is 6.54 Å². The van der Waals surface area contributed by atoms with Crippen molar-refractivity contribution in [2.45, 2.75) is 12.0 Å². The first-order valence-corrected chi connectivity index (χ1v) is 9.91. The average molecular weight is 394 g/mol. The third-order valence-corrected chi connectivity index (χ3v) is 6.15. The molecule has 3 N–H and O–H groups in total. The Morgan fingerprint density at radius 1 is 0.852 bits per heavy atom. The largest absolute Gasteiger partial charge is 0.353 e. The molecule has 1 aliphatic heterocycles. The van der Waals surface area contributed by atoms with E-state index in [1.54, 1.807) is 0 Å². The Balaban J connectivity index is 1.72. The van der Waals surface area contributed by atoms with Gasteiger partial charge in [0.05, 0.1) is 18.2 Å². The molecule has 4 aromatic rings. The number of aromatic nitrogens is 1. The SMILES string of the molecule is Clc1ccc([C@H]2[NH2+]C[C@H](c3ccccc3Cl)c3c2[nH]c2ccccc32)cc1. The molecule has 3 aromatic carbocycles. The van der Waals surface area contributed by atoms with Gasteiger partial charge in [-0.25, -0.2) is 0 Å². The van der Waals surface area contributed by atoms with Crippen LogP contribution in [0.2, 0.25) is 10.0 Å². The van der Waals surface area contributed by atoms with Crippen molar-refractivity contribution in [1.82, 2.24) is 4.98 Å². The van der Waals surface area contributed by atoms with Crippen LogP contribution in [0.4, 0.5) is 0 Å². The normalized spacial score (nSPS) is 19.2. The van der Waals surface area contributed by atoms with Crippen LogP contribution in [0.25, 0.3) is 10.9 Å². The van der Waals surface area contributed by atoms with Crippen molar-refractivity contribution in [2.24, 2.45) is 0 Å². The van der Waals surface area contributed by atoms with Crippen LogP contribution < -0.4 is 5.32 Å². The van der Waals surface area contributed by atoms with Crippen LogP contribution >= 0.6 is 23.2 Å². The van der Waals surface area contributed by atoms with Gasteiger partial charge in [0.1, 0.15) is 0 Å². The molecular formula is C23H19Cl2N2+. The summed E-state index contributed by atoms with van der Waals surface area (Å²) >= 11 is 12.7. The van der Waals surface area contributed by atoms with Crippen molar-refractivity contribution < 1.29 is 5.32 Å². The number of H-pyrrole nitrogens is 1. The van der Waals surface area contributed by atoms with E-state index in [2.05, 4.69) is 58.8 Å². The molecule has 134 valence electrons. The minimum atomic E-state index is 0.225. The highest BCUT2D eigenvalue weighted by Gasteiger charge is 2.36. The summed E-state index contributed by atoms with van der Waals surface area (Å²) in [6, 6.07) is 25.1. The Kier molecular flexibility index (Phi) is 4.20. The Morgan fingerprint density at radius 3 is 2.41 bits per heavy atom. The van der Waals surface area contributed by atoms with Gasteiger partial charge in [-0.2, -0.15) is 0 Å². The Hall–Kier alpha value is -2.26. The van der Waals surface area contributed by atoms with E-state index in [4.69, 9.17) is 23.2 Å². The van der Waals surface area contributed by atoms with Crippen molar-refractivity contribution in [3.63, 3.8) is 0 Å². The second-order valence-electron chi connectivity index (χ2n) is 7.07. The number of hydrogen-bond acceptors (Lipinski definition) is 0. The number of aromatic amines is 1. The summed E-state index contributed by atoms with van der Waals surface area (Å²) in [6.07, 6.45) is 0. The maximum atomic E-state index is 6.57. The first kappa shape index (κ1) is 16.9. The molecule has 4 heteroatoms. The molecule has 0 amide bonds. The summed E-state index contributed by atoms with van der Waals surface area (Å²) < 4.78 is 0. The molecule has 0 radical (unpaired) electrons. The highest BCUT2D eigenvalue weighted by molar-refractivity contribution is 6.31. The van der Waals surface area contributed by atoms with Crippen molar-refractivity contribution in [3.05, 3.63) is 105 Å². The quantitative estimate of drug-likeness (QED) is 0.464. The van der Waals surface area contributed by atoms with Gasteiger partial charge < -0.3 is 10.3 Å². The number of nitrogens with one attached hydrogen (secondary N) is 1. The summed E-state index contributed by atoms with van der Waals surface area (Å²) in [6.45, 7) is 0.950. The molecule has 1 aliphatic rings. The lowest BCUT2D eigenvalue weighted by molar-refractivity contribution is -0.692. The molecule has 0 saturated carbocycles. The number of fused-ring (bicyclic) bond motifs is 3. The van der Waals surface area contributed by atoms with Crippen LogP contribution in [-0.2, 0) is 0 Å². The molecule has 2 nitrogen and oxygen atoms in total. The zero-order chi connectivity index (χ0) is 18.4. The number of halogens is 2. The number of quaternary nitrogens is 1. The summed E-state index contributed by atoms with van der Waals surface area (Å²) in [5.41, 5.74) is 6.24. The molecule has 0 unspecified atom stereocenters. The molecule has 0 saturated heterocycles. The van der Waals surface area contributed by atoms with Gasteiger partial charge in [0, 0.05) is 32.1 Å². The van der Waals surface area contributed by atoms with E-state index in [0.29, 0.717) is 0 Å². The zero-order valence-electron chi connectivity index (χ0n) is 14.6. The summed E-state index contributed by atoms with van der Waals surface area (Å²) in [5, 5.41) is 5.27. The minimum Gasteiger partial charge on any atom is -0.353 e. The highest BCUT2D eigenvalue weighted by atomic mass is 35.5. The molecule has 0 fully saturated rings. The molecule has 0 spiro atoms. The molecule has 5 rings (SSSR count). The van der Waals surface area contributed by atoms with Crippen molar-refractivity contribution in [3.8, 4) is 0 Å². The fourth-order valence-corrected chi connectivity index (χ4v) is 4.72. The molecule has 1 aromatic heterocycles. The lowest BCUT2D eigenvalue weighted by atomic mass is 9.83. The lowest BCUT2D eigenvalue weighted by Gasteiger charge is -2.28. The van der Waals surface area contributed by atoms with Crippen LogP contribution in [0, 0.1) is 0 Å². The van der Waals surface area contributed by atoms with Crippen molar-refractivity contribution in [1.29, 1.82) is 0 Å². The van der Waals surface area contributed by atoms with Gasteiger partial charge >= 0.3 is 0 Å². The van der Waals surface area contributed by atoms with Gasteiger partial charge in [-0.3, -0.25) is 0 Å². The smallest absolute Gasteiger partial charge is 0.153 e. The Labute approximate surface area is 168 Å². The first-order valence-electron chi connectivity index (χ1n) is 9.16. The van der Waals surface area contributed by atoms with Crippen LogP contribution in [0.5, 0.6) is 0 Å². The second kappa shape index (κ2) is 6.72. The number of nitrogens with two attached hydrogens (primary N) is 1. The summed E-state index contributed by atoms with van der Waals surface area (Å²) in [5.74, 6) is 0.258. The van der Waals surface area contributed by atoms with Crippen molar-refractivity contribution >= 4 is 34.1 Å². The fraction of sp³-hybridized carbons (Fsp3) is 0.130. The van der Waals surface area contributed by atoms with E-state index in [1.165, 1.54) is 33.3 Å². The predicted octanol–water partition coefficient (Wildman–Crippen LogP) is 5.27. The molecule has 2 heterocycles. The van der Waals surface area contributed by atoms with Crippen LogP contribution in [-0.4, -0.2) is 11.5 Å². The first-order chi connectivity index (χ1) is 13.2. The van der Waals surface area contributed by atoms with Gasteiger partial charge in [-0.05, 0) is 29.8 Å². The molecule has 0 bridgehead atoms. The third-order valence-electron chi connectivity index (χ3n) is 5.55. The van der Waals surface area contributed by atoms with Crippen LogP contribution in [0.1, 0.15) is 34.3 Å². The van der Waals surface area contributed by atoms with Gasteiger partial charge in [-0.15, -0.1) is 0 Å². The molecular weight excluding hydrogens is 375 g/mol. The fourth-order valence-electron chi connectivity index (χ4n) is 4.33. The monoisotopic (exact) mass is 393 g/mol. The third kappa shape index (κ3) is 2.85. The molecule has 27 heavy (non-hydrogen) atoms. The lowest BCUT2D eigenvalue weighted by Crippen LogP contribution is -2.88. The second-order valence-corrected chi connectivity index (χ2v) is 7.92. The zero-order valence-corrected chi connectivity index (χ0v) is 16.1. The predicted molar refractivity (Wildman–Crippen MR) is 112 cm³/mol. The minimum absolute atomic E-state index is 0.225. The van der Waals surface area contributed by atoms with E-state index < -0.39 is 0 Å². The van der Waals surface area contributed by atoms with E-state index in [9.17, 15) is 0 Å². The summed E-state index contributed by atoms with van der Waals surface area (Å²) in [4.78, 5) is 3.69. The number of rotatable bonds is 2. The maximum absolute atomic E-state index is 6.57. The standard InChI is InChI=1S/C23H18Cl2N2/c24-15-11-9-14(10-12-15)22-23-21(17-6-2-4-8-20(17)27-23)18(13-26-22)16-5-1-3-7-19(16)25/h1-12,18,22,26-27H,13H2/p+1/t18-,22-/m1/s1. The van der Waals surface area contributed by atoms with Crippen LogP contribution in [0.3, 0.4) is 0 Å². The van der Waals surface area contributed by atoms with E-state index in [1.807, 2.05) is 24.3 Å².